The molecule has 51 valence electrons. The van der Waals surface area contributed by atoms with Crippen LogP contribution in [0, 0.1) is 0 Å². The van der Waals surface area contributed by atoms with Crippen LogP contribution in [0.4, 0.5) is 0 Å². The van der Waals surface area contributed by atoms with Gasteiger partial charge in [-0.15, -0.1) is 0 Å². The first kappa shape index (κ1) is 7.83. The topological polar surface area (TPSA) is 20.2 Å². The molecule has 0 spiro atoms. The molecule has 1 aromatic carbocycles. The van der Waals surface area contributed by atoms with Crippen LogP contribution in [0.2, 0.25) is 0 Å². The fourth-order valence-corrected chi connectivity index (χ4v) is 1.35. The van der Waals surface area contributed by atoms with Gasteiger partial charge in [0.25, 0.3) is 0 Å². The van der Waals surface area contributed by atoms with Crippen molar-refractivity contribution in [2.75, 3.05) is 0 Å². The molecule has 1 unspecified atom stereocenters. The van der Waals surface area contributed by atoms with Crippen LogP contribution in [-0.4, -0.2) is 21.6 Å². The SMILES string of the molecule is CC(O)c1ccc[c]([Ge])c1. The van der Waals surface area contributed by atoms with Gasteiger partial charge in [0.05, 0.1) is 0 Å². The van der Waals surface area contributed by atoms with Crippen molar-refractivity contribution in [3.8, 4) is 0 Å². The molecule has 3 radical (unpaired) electrons. The first-order chi connectivity index (χ1) is 4.70. The van der Waals surface area contributed by atoms with Crippen molar-refractivity contribution in [2.24, 2.45) is 0 Å². The Morgan fingerprint density at radius 3 is 2.60 bits per heavy atom. The van der Waals surface area contributed by atoms with Gasteiger partial charge in [-0.3, -0.25) is 0 Å². The molecule has 1 N–H and O–H groups in total. The van der Waals surface area contributed by atoms with E-state index in [2.05, 4.69) is 0 Å². The van der Waals surface area contributed by atoms with Crippen molar-refractivity contribution in [2.45, 2.75) is 13.0 Å². The van der Waals surface area contributed by atoms with E-state index in [1.165, 1.54) is 4.40 Å². The number of hydrogen-bond donors (Lipinski definition) is 1. The molecular weight excluding hydrogens is 185 g/mol. The zero-order valence-electron chi connectivity index (χ0n) is 5.83. The van der Waals surface area contributed by atoms with E-state index in [1.807, 2.05) is 40.8 Å². The molecule has 0 amide bonds. The number of aliphatic hydroxyl groups excluding tert-OH is 1. The Kier molecular flexibility index (Phi) is 2.52. The first-order valence-electron chi connectivity index (χ1n) is 3.20. The molecule has 0 heterocycles. The van der Waals surface area contributed by atoms with Gasteiger partial charge in [0.2, 0.25) is 0 Å². The zero-order valence-corrected chi connectivity index (χ0v) is 7.93. The van der Waals surface area contributed by atoms with Crippen LogP contribution in [-0.2, 0) is 0 Å². The van der Waals surface area contributed by atoms with Gasteiger partial charge < -0.3 is 0 Å². The van der Waals surface area contributed by atoms with Crippen molar-refractivity contribution < 1.29 is 5.11 Å². The molecule has 0 bridgehead atoms. The molecular formula is C8H9GeO. The first-order valence-corrected chi connectivity index (χ1v) is 4.24. The molecule has 10 heavy (non-hydrogen) atoms. The molecule has 0 aliphatic rings. The summed E-state index contributed by atoms with van der Waals surface area (Å²) in [6.45, 7) is 1.77. The monoisotopic (exact) mass is 195 g/mol. The second-order valence-corrected chi connectivity index (χ2v) is 3.51. The summed E-state index contributed by atoms with van der Waals surface area (Å²) in [6, 6.07) is 7.89. The normalized spacial score (nSPS) is 13.1. The van der Waals surface area contributed by atoms with Gasteiger partial charge in [-0.25, -0.2) is 0 Å². The Morgan fingerprint density at radius 2 is 2.20 bits per heavy atom. The Hall–Kier alpha value is -0.277. The van der Waals surface area contributed by atoms with Crippen LogP contribution < -0.4 is 4.40 Å². The van der Waals surface area contributed by atoms with E-state index >= 15 is 0 Å². The second kappa shape index (κ2) is 3.21. The van der Waals surface area contributed by atoms with Crippen LogP contribution in [0.25, 0.3) is 0 Å². The van der Waals surface area contributed by atoms with Crippen molar-refractivity contribution >= 4 is 20.9 Å². The summed E-state index contributed by atoms with van der Waals surface area (Å²) in [6.07, 6.45) is -0.347. The fraction of sp³-hybridized carbons (Fsp3) is 0.250. The van der Waals surface area contributed by atoms with Crippen molar-refractivity contribution in [1.29, 1.82) is 0 Å². The van der Waals surface area contributed by atoms with Gasteiger partial charge in [0, 0.05) is 0 Å². The molecule has 1 aromatic rings. The van der Waals surface area contributed by atoms with Crippen molar-refractivity contribution in [3.05, 3.63) is 29.8 Å². The Morgan fingerprint density at radius 1 is 1.50 bits per heavy atom. The third-order valence-electron chi connectivity index (χ3n) is 1.37. The third kappa shape index (κ3) is 1.85. The van der Waals surface area contributed by atoms with Crippen LogP contribution in [0.15, 0.2) is 24.3 Å². The minimum absolute atomic E-state index is 0.347. The van der Waals surface area contributed by atoms with Crippen LogP contribution >= 0.6 is 0 Å². The predicted molar refractivity (Wildman–Crippen MR) is 42.5 cm³/mol. The van der Waals surface area contributed by atoms with Gasteiger partial charge in [-0.1, -0.05) is 0 Å². The summed E-state index contributed by atoms with van der Waals surface area (Å²) in [5.41, 5.74) is 0.986. The van der Waals surface area contributed by atoms with Crippen molar-refractivity contribution in [1.82, 2.24) is 0 Å². The number of aliphatic hydroxyl groups is 1. The standard InChI is InChI=1S/C8H9GeO/c1-6(10)7-3-2-4-8(9)5-7/h2-6,10H,1H3. The van der Waals surface area contributed by atoms with E-state index in [-0.39, 0.29) is 6.10 Å². The molecule has 1 atom stereocenters. The average Bonchev–Trinajstić information content (AvgIpc) is 1.88. The van der Waals surface area contributed by atoms with E-state index in [4.69, 9.17) is 5.11 Å². The van der Waals surface area contributed by atoms with Gasteiger partial charge in [-0.2, -0.15) is 0 Å². The van der Waals surface area contributed by atoms with E-state index in [1.54, 1.807) is 6.92 Å². The second-order valence-electron chi connectivity index (χ2n) is 2.30. The summed E-state index contributed by atoms with van der Waals surface area (Å²) in [4.78, 5) is 0. The molecule has 0 fully saturated rings. The van der Waals surface area contributed by atoms with E-state index in [9.17, 15) is 0 Å². The molecule has 1 nitrogen and oxygen atoms in total. The van der Waals surface area contributed by atoms with Crippen LogP contribution in [0.1, 0.15) is 18.6 Å². The van der Waals surface area contributed by atoms with Gasteiger partial charge >= 0.3 is 68.9 Å². The number of benzene rings is 1. The summed E-state index contributed by atoms with van der Waals surface area (Å²) < 4.78 is 1.19. The molecule has 0 aromatic heterocycles. The average molecular weight is 194 g/mol. The van der Waals surface area contributed by atoms with Gasteiger partial charge in [-0.05, 0) is 0 Å². The van der Waals surface area contributed by atoms with E-state index in [0.717, 1.165) is 5.56 Å². The number of rotatable bonds is 1. The minimum atomic E-state index is -0.347. The Bertz CT molecular complexity index is 220. The molecule has 0 aliphatic heterocycles. The Labute approximate surface area is 69.3 Å². The summed E-state index contributed by atoms with van der Waals surface area (Å²) in [5.74, 6) is 0. The van der Waals surface area contributed by atoms with Crippen molar-refractivity contribution in [3.63, 3.8) is 0 Å². The fourth-order valence-electron chi connectivity index (χ4n) is 0.799. The summed E-state index contributed by atoms with van der Waals surface area (Å²) in [5, 5.41) is 9.15. The van der Waals surface area contributed by atoms with Gasteiger partial charge in [0.15, 0.2) is 0 Å². The molecule has 0 aliphatic carbocycles. The van der Waals surface area contributed by atoms with Crippen LogP contribution in [0.5, 0.6) is 0 Å². The maximum absolute atomic E-state index is 9.15. The number of hydrogen-bond acceptors (Lipinski definition) is 1. The quantitative estimate of drug-likeness (QED) is 0.646. The molecule has 0 saturated heterocycles. The zero-order chi connectivity index (χ0) is 7.56. The molecule has 0 saturated carbocycles. The predicted octanol–water partition coefficient (Wildman–Crippen LogP) is 0.534. The van der Waals surface area contributed by atoms with Crippen LogP contribution in [0.3, 0.4) is 0 Å². The molecule has 2 heteroatoms. The summed E-state index contributed by atoms with van der Waals surface area (Å²) >= 11 is 2.02. The van der Waals surface area contributed by atoms with E-state index < -0.39 is 0 Å². The summed E-state index contributed by atoms with van der Waals surface area (Å²) in [7, 11) is 0. The maximum atomic E-state index is 9.15. The van der Waals surface area contributed by atoms with Gasteiger partial charge in [0.1, 0.15) is 0 Å². The van der Waals surface area contributed by atoms with E-state index in [0.29, 0.717) is 0 Å². The third-order valence-corrected chi connectivity index (χ3v) is 2.02. The molecule has 1 rings (SSSR count). The Balaban J connectivity index is 2.96.